The Labute approximate surface area is 150 Å². The molecule has 4 rings (SSSR count). The van der Waals surface area contributed by atoms with Gasteiger partial charge in [0, 0.05) is 12.8 Å². The third-order valence-electron chi connectivity index (χ3n) is 6.61. The molecular weight excluding hydrogens is 320 g/mol. The lowest BCUT2D eigenvalue weighted by Gasteiger charge is -2.39. The van der Waals surface area contributed by atoms with Gasteiger partial charge in [-0.2, -0.15) is 0 Å². The average Bonchev–Trinajstić information content (AvgIpc) is 3.05. The smallest absolute Gasteiger partial charge is 0.340 e. The van der Waals surface area contributed by atoms with Crippen LogP contribution in [0.15, 0.2) is 0 Å². The maximum atomic E-state index is 12.3. The molecule has 2 aliphatic carbocycles. The second kappa shape index (κ2) is 6.82. The van der Waals surface area contributed by atoms with Crippen molar-refractivity contribution in [1.29, 1.82) is 0 Å². The fourth-order valence-electron chi connectivity index (χ4n) is 5.14. The van der Waals surface area contributed by atoms with Crippen LogP contribution in [0, 0.1) is 17.8 Å². The Balaban J connectivity index is 1.46. The van der Waals surface area contributed by atoms with Gasteiger partial charge < -0.3 is 18.9 Å². The minimum atomic E-state index is -0.615. The van der Waals surface area contributed by atoms with E-state index >= 15 is 0 Å². The molecule has 0 amide bonds. The Hall–Kier alpha value is -0.650. The molecule has 0 unspecified atom stereocenters. The lowest BCUT2D eigenvalue weighted by Crippen LogP contribution is -2.42. The molecule has 5 nitrogen and oxygen atoms in total. The maximum Gasteiger partial charge on any atom is 0.340 e. The molecule has 0 aromatic rings. The Morgan fingerprint density at radius 1 is 1.12 bits per heavy atom. The number of fused-ring (bicyclic) bond motifs is 1. The standard InChI is InChI=1S/C20H32O5/c1-12(2)14-8-7-13(3)11-15(14)22-19-17-16(18(21)23-19)24-20(25-17)9-5-4-6-10-20/h12-17,19H,4-11H2,1-3H3/t13-,14+,15-,16-,17+,19+/m1/s1. The van der Waals surface area contributed by atoms with Crippen LogP contribution in [-0.4, -0.2) is 36.4 Å². The number of carbonyl (C=O) groups excluding carboxylic acids is 1. The minimum Gasteiger partial charge on any atom is -0.431 e. The number of ether oxygens (including phenoxy) is 4. The summed E-state index contributed by atoms with van der Waals surface area (Å²) in [6.07, 6.45) is 7.10. The largest absolute Gasteiger partial charge is 0.431 e. The van der Waals surface area contributed by atoms with Gasteiger partial charge in [0.2, 0.25) is 6.29 Å². The Kier molecular flexibility index (Phi) is 4.84. The van der Waals surface area contributed by atoms with Gasteiger partial charge in [0.05, 0.1) is 6.10 Å². The summed E-state index contributed by atoms with van der Waals surface area (Å²) >= 11 is 0. The summed E-state index contributed by atoms with van der Waals surface area (Å²) < 4.78 is 24.2. The number of esters is 1. The average molecular weight is 352 g/mol. The molecule has 0 radical (unpaired) electrons. The van der Waals surface area contributed by atoms with Crippen molar-refractivity contribution in [2.24, 2.45) is 17.8 Å². The molecule has 0 N–H and O–H groups in total. The van der Waals surface area contributed by atoms with E-state index in [0.29, 0.717) is 17.8 Å². The second-order valence-corrected chi connectivity index (χ2v) is 8.90. The van der Waals surface area contributed by atoms with E-state index in [1.54, 1.807) is 0 Å². The van der Waals surface area contributed by atoms with E-state index in [9.17, 15) is 4.79 Å². The van der Waals surface area contributed by atoms with Gasteiger partial charge in [-0.15, -0.1) is 0 Å². The first-order valence-electron chi connectivity index (χ1n) is 10.2. The molecule has 0 aromatic heterocycles. The summed E-state index contributed by atoms with van der Waals surface area (Å²) in [4.78, 5) is 12.3. The van der Waals surface area contributed by atoms with E-state index in [1.165, 1.54) is 19.3 Å². The van der Waals surface area contributed by atoms with Crippen LogP contribution in [0.4, 0.5) is 0 Å². The quantitative estimate of drug-likeness (QED) is 0.723. The van der Waals surface area contributed by atoms with Gasteiger partial charge in [0.25, 0.3) is 0 Å². The van der Waals surface area contributed by atoms with E-state index in [0.717, 1.165) is 32.1 Å². The lowest BCUT2D eigenvalue weighted by atomic mass is 9.75. The molecule has 1 spiro atoms. The number of rotatable bonds is 3. The SMILES string of the molecule is CC(C)[C@@H]1CC[C@@H](C)C[C@H]1O[C@H]1OC(=O)[C@@H]2OC3(CCCCC3)O[C@H]12. The summed E-state index contributed by atoms with van der Waals surface area (Å²) in [6, 6.07) is 0. The van der Waals surface area contributed by atoms with Crippen LogP contribution in [0.5, 0.6) is 0 Å². The number of carbonyl (C=O) groups is 1. The molecule has 2 heterocycles. The first-order valence-corrected chi connectivity index (χ1v) is 10.2. The normalized spacial score (nSPS) is 43.4. The van der Waals surface area contributed by atoms with Crippen LogP contribution < -0.4 is 0 Å². The Bertz CT molecular complexity index is 498. The van der Waals surface area contributed by atoms with Crippen LogP contribution in [0.3, 0.4) is 0 Å². The van der Waals surface area contributed by atoms with E-state index in [1.807, 2.05) is 0 Å². The van der Waals surface area contributed by atoms with Gasteiger partial charge >= 0.3 is 5.97 Å². The van der Waals surface area contributed by atoms with Crippen molar-refractivity contribution in [1.82, 2.24) is 0 Å². The van der Waals surface area contributed by atoms with Gasteiger partial charge in [-0.05, 0) is 43.4 Å². The van der Waals surface area contributed by atoms with Crippen LogP contribution in [0.1, 0.15) is 72.1 Å². The molecule has 4 fully saturated rings. The lowest BCUT2D eigenvalue weighted by molar-refractivity contribution is -0.254. The van der Waals surface area contributed by atoms with Gasteiger partial charge in [0.15, 0.2) is 18.0 Å². The second-order valence-electron chi connectivity index (χ2n) is 8.90. The van der Waals surface area contributed by atoms with Gasteiger partial charge in [-0.1, -0.05) is 33.6 Å². The van der Waals surface area contributed by atoms with Crippen LogP contribution in [0.2, 0.25) is 0 Å². The topological polar surface area (TPSA) is 54.0 Å². The summed E-state index contributed by atoms with van der Waals surface area (Å²) in [7, 11) is 0. The Morgan fingerprint density at radius 2 is 1.88 bits per heavy atom. The first-order chi connectivity index (χ1) is 12.0. The predicted molar refractivity (Wildman–Crippen MR) is 91.7 cm³/mol. The van der Waals surface area contributed by atoms with Crippen molar-refractivity contribution < 1.29 is 23.7 Å². The third kappa shape index (κ3) is 3.35. The van der Waals surface area contributed by atoms with Crippen LogP contribution >= 0.6 is 0 Å². The van der Waals surface area contributed by atoms with Crippen molar-refractivity contribution in [2.75, 3.05) is 0 Å². The van der Waals surface area contributed by atoms with Crippen LogP contribution in [-0.2, 0) is 23.7 Å². The zero-order chi connectivity index (χ0) is 17.6. The molecule has 25 heavy (non-hydrogen) atoms. The summed E-state index contributed by atoms with van der Waals surface area (Å²) in [6.45, 7) is 6.79. The molecule has 2 aliphatic heterocycles. The highest BCUT2D eigenvalue weighted by Gasteiger charge is 2.60. The number of hydrogen-bond donors (Lipinski definition) is 0. The molecule has 0 bridgehead atoms. The van der Waals surface area contributed by atoms with Crippen molar-refractivity contribution in [2.45, 2.75) is 103 Å². The summed E-state index contributed by atoms with van der Waals surface area (Å²) in [5, 5.41) is 0. The van der Waals surface area contributed by atoms with Crippen molar-refractivity contribution in [3.05, 3.63) is 0 Å². The first kappa shape index (κ1) is 17.7. The maximum absolute atomic E-state index is 12.3. The number of hydrogen-bond acceptors (Lipinski definition) is 5. The van der Waals surface area contributed by atoms with Crippen LogP contribution in [0.25, 0.3) is 0 Å². The van der Waals surface area contributed by atoms with E-state index in [-0.39, 0.29) is 12.1 Å². The van der Waals surface area contributed by atoms with E-state index in [4.69, 9.17) is 18.9 Å². The fraction of sp³-hybridized carbons (Fsp3) is 0.950. The molecule has 0 aromatic carbocycles. The van der Waals surface area contributed by atoms with Crippen molar-refractivity contribution >= 4 is 5.97 Å². The molecule has 2 saturated carbocycles. The molecule has 142 valence electrons. The molecule has 6 atom stereocenters. The minimum absolute atomic E-state index is 0.131. The Morgan fingerprint density at radius 3 is 2.60 bits per heavy atom. The summed E-state index contributed by atoms with van der Waals surface area (Å²) in [5.41, 5.74) is 0. The van der Waals surface area contributed by atoms with Crippen molar-refractivity contribution in [3.8, 4) is 0 Å². The molecule has 2 saturated heterocycles. The molecule has 5 heteroatoms. The number of cyclic esters (lactones) is 1. The fourth-order valence-corrected chi connectivity index (χ4v) is 5.14. The highest BCUT2D eigenvalue weighted by molar-refractivity contribution is 5.78. The highest BCUT2D eigenvalue weighted by atomic mass is 16.8. The summed E-state index contributed by atoms with van der Waals surface area (Å²) in [5.74, 6) is 0.836. The third-order valence-corrected chi connectivity index (χ3v) is 6.61. The zero-order valence-corrected chi connectivity index (χ0v) is 15.7. The van der Waals surface area contributed by atoms with E-state index in [2.05, 4.69) is 20.8 Å². The molecule has 4 aliphatic rings. The monoisotopic (exact) mass is 352 g/mol. The van der Waals surface area contributed by atoms with Crippen molar-refractivity contribution in [3.63, 3.8) is 0 Å². The zero-order valence-electron chi connectivity index (χ0n) is 15.7. The van der Waals surface area contributed by atoms with Gasteiger partial charge in [-0.25, -0.2) is 4.79 Å². The van der Waals surface area contributed by atoms with Gasteiger partial charge in [-0.3, -0.25) is 0 Å². The van der Waals surface area contributed by atoms with Gasteiger partial charge in [0.1, 0.15) is 0 Å². The predicted octanol–water partition coefficient (Wildman–Crippen LogP) is 3.79. The van der Waals surface area contributed by atoms with E-state index < -0.39 is 24.3 Å². The molecular formula is C20H32O5. The highest BCUT2D eigenvalue weighted by Crippen LogP contribution is 2.45.